The SMILES string of the molecule is [C-]#[N+][C@@H](c1ccccc1)[C@H](C(=O)N1C(=S)SC[C@@H]1C(C)C)c1ccccc1. The highest BCUT2D eigenvalue weighted by Gasteiger charge is 2.44. The second-order valence-electron chi connectivity index (χ2n) is 6.97. The molecule has 3 atom stereocenters. The van der Waals surface area contributed by atoms with Crippen molar-refractivity contribution in [2.24, 2.45) is 5.92 Å². The van der Waals surface area contributed by atoms with Crippen LogP contribution in [0.1, 0.15) is 36.9 Å². The zero-order valence-electron chi connectivity index (χ0n) is 15.4. The van der Waals surface area contributed by atoms with E-state index in [1.165, 1.54) is 0 Å². The van der Waals surface area contributed by atoms with Gasteiger partial charge in [-0.2, -0.15) is 0 Å². The van der Waals surface area contributed by atoms with Crippen LogP contribution in [-0.4, -0.2) is 26.9 Å². The van der Waals surface area contributed by atoms with Crippen LogP contribution < -0.4 is 0 Å². The molecule has 0 radical (unpaired) electrons. The Morgan fingerprint density at radius 2 is 1.67 bits per heavy atom. The number of carbonyl (C=O) groups excluding carboxylic acids is 1. The summed E-state index contributed by atoms with van der Waals surface area (Å²) in [6.45, 7) is 12.1. The standard InChI is InChI=1S/C22H22N2OS2/c1-15(2)18-14-27-22(26)24(18)21(25)19(16-10-6-4-7-11-16)20(23-3)17-12-8-5-9-13-17/h4-13,15,18-20H,14H2,1-2H3/t18-,19-,20+/m1/s1. The molecule has 0 aliphatic carbocycles. The van der Waals surface area contributed by atoms with Crippen molar-refractivity contribution in [3.63, 3.8) is 0 Å². The Bertz CT molecular complexity index is 846. The number of hydrogen-bond donors (Lipinski definition) is 0. The van der Waals surface area contributed by atoms with Crippen LogP contribution in [0, 0.1) is 12.5 Å². The fourth-order valence-electron chi connectivity index (χ4n) is 3.44. The number of amides is 1. The molecule has 0 aromatic heterocycles. The Labute approximate surface area is 170 Å². The largest absolute Gasteiger partial charge is 0.307 e. The molecule has 1 amide bonds. The molecular weight excluding hydrogens is 372 g/mol. The van der Waals surface area contributed by atoms with E-state index in [9.17, 15) is 4.79 Å². The number of rotatable bonds is 5. The van der Waals surface area contributed by atoms with Crippen LogP contribution in [0.3, 0.4) is 0 Å². The molecule has 0 unspecified atom stereocenters. The summed E-state index contributed by atoms with van der Waals surface area (Å²) in [6, 6.07) is 18.7. The lowest BCUT2D eigenvalue weighted by molar-refractivity contribution is -0.130. The third-order valence-corrected chi connectivity index (χ3v) is 6.44. The first-order valence-electron chi connectivity index (χ1n) is 9.01. The van der Waals surface area contributed by atoms with E-state index in [0.717, 1.165) is 16.9 Å². The Morgan fingerprint density at radius 1 is 1.11 bits per heavy atom. The number of benzene rings is 2. The minimum Gasteiger partial charge on any atom is -0.307 e. The van der Waals surface area contributed by atoms with Gasteiger partial charge in [0.2, 0.25) is 5.91 Å². The highest BCUT2D eigenvalue weighted by Crippen LogP contribution is 2.39. The molecule has 1 fully saturated rings. The quantitative estimate of drug-likeness (QED) is 0.507. The molecule has 1 saturated heterocycles. The van der Waals surface area contributed by atoms with Crippen LogP contribution in [0.15, 0.2) is 60.7 Å². The molecule has 1 aliphatic heterocycles. The second-order valence-corrected chi connectivity index (χ2v) is 8.62. The van der Waals surface area contributed by atoms with E-state index in [2.05, 4.69) is 18.7 Å². The summed E-state index contributed by atoms with van der Waals surface area (Å²) in [5, 5.41) is 0. The van der Waals surface area contributed by atoms with E-state index in [-0.39, 0.29) is 11.9 Å². The zero-order chi connectivity index (χ0) is 19.4. The molecule has 1 aliphatic rings. The van der Waals surface area contributed by atoms with Gasteiger partial charge in [-0.25, -0.2) is 6.57 Å². The molecule has 3 nitrogen and oxygen atoms in total. The lowest BCUT2D eigenvalue weighted by Crippen LogP contribution is -2.45. The summed E-state index contributed by atoms with van der Waals surface area (Å²) < 4.78 is 0.622. The minimum absolute atomic E-state index is 0.0697. The first-order valence-corrected chi connectivity index (χ1v) is 10.4. The second kappa shape index (κ2) is 8.69. The van der Waals surface area contributed by atoms with Gasteiger partial charge in [0, 0.05) is 17.4 Å². The van der Waals surface area contributed by atoms with Crippen molar-refractivity contribution in [2.75, 3.05) is 5.75 Å². The van der Waals surface area contributed by atoms with Crippen LogP contribution in [0.25, 0.3) is 4.85 Å². The van der Waals surface area contributed by atoms with Gasteiger partial charge in [-0.1, -0.05) is 98.5 Å². The monoisotopic (exact) mass is 394 g/mol. The zero-order valence-corrected chi connectivity index (χ0v) is 17.0. The van der Waals surface area contributed by atoms with E-state index in [1.807, 2.05) is 60.7 Å². The van der Waals surface area contributed by atoms with Crippen LogP contribution in [0.4, 0.5) is 0 Å². The van der Waals surface area contributed by atoms with Crippen molar-refractivity contribution in [3.05, 3.63) is 83.2 Å². The smallest absolute Gasteiger partial charge is 0.264 e. The van der Waals surface area contributed by atoms with Crippen molar-refractivity contribution < 1.29 is 4.79 Å². The summed E-state index contributed by atoms with van der Waals surface area (Å²) >= 11 is 7.07. The molecule has 27 heavy (non-hydrogen) atoms. The topological polar surface area (TPSA) is 24.7 Å². The Hall–Kier alpha value is -2.16. The fourth-order valence-corrected chi connectivity index (χ4v) is 5.08. The van der Waals surface area contributed by atoms with Gasteiger partial charge in [0.25, 0.3) is 6.04 Å². The maximum atomic E-state index is 13.7. The first kappa shape index (κ1) is 19.6. The molecule has 2 aromatic carbocycles. The van der Waals surface area contributed by atoms with Crippen LogP contribution >= 0.6 is 24.0 Å². The highest BCUT2D eigenvalue weighted by molar-refractivity contribution is 8.23. The van der Waals surface area contributed by atoms with Gasteiger partial charge in [0.1, 0.15) is 10.2 Å². The maximum Gasteiger partial charge on any atom is 0.264 e. The predicted molar refractivity (Wildman–Crippen MR) is 115 cm³/mol. The number of nitrogens with zero attached hydrogens (tertiary/aromatic N) is 2. The van der Waals surface area contributed by atoms with Crippen LogP contribution in [0.2, 0.25) is 0 Å². The highest BCUT2D eigenvalue weighted by atomic mass is 32.2. The van der Waals surface area contributed by atoms with E-state index < -0.39 is 12.0 Å². The molecule has 138 valence electrons. The number of thioether (sulfide) groups is 1. The summed E-state index contributed by atoms with van der Waals surface area (Å²) in [6.07, 6.45) is 0. The minimum atomic E-state index is -0.581. The van der Waals surface area contributed by atoms with Crippen LogP contribution in [-0.2, 0) is 4.79 Å². The molecule has 0 saturated carbocycles. The van der Waals surface area contributed by atoms with Crippen molar-refractivity contribution >= 4 is 34.2 Å². The normalized spacial score (nSPS) is 19.0. The van der Waals surface area contributed by atoms with Gasteiger partial charge < -0.3 is 4.85 Å². The van der Waals surface area contributed by atoms with Crippen molar-refractivity contribution in [1.82, 2.24) is 4.90 Å². The molecule has 3 rings (SSSR count). The maximum absolute atomic E-state index is 13.7. The lowest BCUT2D eigenvalue weighted by atomic mass is 9.85. The van der Waals surface area contributed by atoms with Gasteiger partial charge in [0.15, 0.2) is 0 Å². The van der Waals surface area contributed by atoms with E-state index in [0.29, 0.717) is 10.2 Å². The van der Waals surface area contributed by atoms with Gasteiger partial charge in [-0.3, -0.25) is 9.69 Å². The van der Waals surface area contributed by atoms with Crippen molar-refractivity contribution in [3.8, 4) is 0 Å². The van der Waals surface area contributed by atoms with Gasteiger partial charge in [0.05, 0.1) is 0 Å². The summed E-state index contributed by atoms with van der Waals surface area (Å²) in [4.78, 5) is 19.4. The predicted octanol–water partition coefficient (Wildman–Crippen LogP) is 5.32. The van der Waals surface area contributed by atoms with Gasteiger partial charge >= 0.3 is 0 Å². The Balaban J connectivity index is 2.06. The number of carbonyl (C=O) groups is 1. The average molecular weight is 395 g/mol. The van der Waals surface area contributed by atoms with E-state index >= 15 is 0 Å². The van der Waals surface area contributed by atoms with Crippen LogP contribution in [0.5, 0.6) is 0 Å². The Kier molecular flexibility index (Phi) is 6.30. The molecule has 1 heterocycles. The number of hydrogen-bond acceptors (Lipinski definition) is 3. The third kappa shape index (κ3) is 4.07. The summed E-state index contributed by atoms with van der Waals surface area (Å²) in [5.41, 5.74) is 1.71. The number of thiocarbonyl (C=S) groups is 1. The average Bonchev–Trinajstić information content (AvgIpc) is 3.08. The first-order chi connectivity index (χ1) is 13.0. The Morgan fingerprint density at radius 3 is 2.19 bits per heavy atom. The van der Waals surface area contributed by atoms with Gasteiger partial charge in [-0.15, -0.1) is 0 Å². The third-order valence-electron chi connectivity index (χ3n) is 4.93. The molecule has 2 aromatic rings. The fraction of sp³-hybridized carbons (Fsp3) is 0.318. The summed E-state index contributed by atoms with van der Waals surface area (Å²) in [5.74, 6) is 0.475. The molecule has 0 bridgehead atoms. The molecule has 5 heteroatoms. The van der Waals surface area contributed by atoms with Crippen molar-refractivity contribution in [2.45, 2.75) is 31.8 Å². The molecule has 0 N–H and O–H groups in total. The van der Waals surface area contributed by atoms with Gasteiger partial charge in [-0.05, 0) is 11.5 Å². The van der Waals surface area contributed by atoms with Crippen molar-refractivity contribution in [1.29, 1.82) is 0 Å². The molecule has 0 spiro atoms. The van der Waals surface area contributed by atoms with E-state index in [4.69, 9.17) is 18.8 Å². The summed E-state index contributed by atoms with van der Waals surface area (Å²) in [7, 11) is 0. The van der Waals surface area contributed by atoms with E-state index in [1.54, 1.807) is 16.7 Å². The molecular formula is C22H22N2OS2. The lowest BCUT2D eigenvalue weighted by Gasteiger charge is -2.30.